The number of carboxylic acids is 1. The SMILES string of the molecule is Nc1nc(CCC(=O)N2CCOCC(C(=O)O)C2)cs1. The maximum atomic E-state index is 12.1. The van der Waals surface area contributed by atoms with E-state index in [0.717, 1.165) is 5.69 Å². The van der Waals surface area contributed by atoms with Crippen molar-refractivity contribution < 1.29 is 19.4 Å². The van der Waals surface area contributed by atoms with Gasteiger partial charge in [-0.3, -0.25) is 9.59 Å². The molecule has 1 aromatic heterocycles. The zero-order chi connectivity index (χ0) is 14.5. The fourth-order valence-corrected chi connectivity index (χ4v) is 2.61. The molecule has 7 nitrogen and oxygen atoms in total. The molecule has 1 fully saturated rings. The number of thiazole rings is 1. The largest absolute Gasteiger partial charge is 0.481 e. The van der Waals surface area contributed by atoms with Crippen LogP contribution in [0.3, 0.4) is 0 Å². The summed E-state index contributed by atoms with van der Waals surface area (Å²) in [5, 5.41) is 11.3. The van der Waals surface area contributed by atoms with Crippen molar-refractivity contribution in [1.29, 1.82) is 0 Å². The molecule has 1 unspecified atom stereocenters. The van der Waals surface area contributed by atoms with Gasteiger partial charge in [0, 0.05) is 24.9 Å². The number of aromatic nitrogens is 1. The first-order valence-corrected chi connectivity index (χ1v) is 7.22. The Morgan fingerprint density at radius 1 is 1.60 bits per heavy atom. The third-order valence-corrected chi connectivity index (χ3v) is 3.85. The van der Waals surface area contributed by atoms with Gasteiger partial charge in [0.1, 0.15) is 0 Å². The summed E-state index contributed by atoms with van der Waals surface area (Å²) >= 11 is 1.34. The van der Waals surface area contributed by atoms with Crippen LogP contribution in [-0.4, -0.2) is 53.2 Å². The number of carboxylic acid groups (broad SMARTS) is 1. The molecule has 0 bridgehead atoms. The number of hydrogen-bond acceptors (Lipinski definition) is 6. The molecule has 3 N–H and O–H groups in total. The highest BCUT2D eigenvalue weighted by Gasteiger charge is 2.26. The molecule has 1 aromatic rings. The molecule has 0 spiro atoms. The Kier molecular flexibility index (Phi) is 4.91. The monoisotopic (exact) mass is 299 g/mol. The van der Waals surface area contributed by atoms with Crippen LogP contribution in [0, 0.1) is 5.92 Å². The van der Waals surface area contributed by atoms with E-state index in [1.165, 1.54) is 11.3 Å². The fraction of sp³-hybridized carbons (Fsp3) is 0.583. The quantitative estimate of drug-likeness (QED) is 0.823. The number of hydrogen-bond donors (Lipinski definition) is 2. The highest BCUT2D eigenvalue weighted by atomic mass is 32.1. The molecule has 1 aliphatic heterocycles. The summed E-state index contributed by atoms with van der Waals surface area (Å²) in [7, 11) is 0. The minimum Gasteiger partial charge on any atom is -0.481 e. The van der Waals surface area contributed by atoms with Crippen molar-refractivity contribution in [2.75, 3.05) is 32.0 Å². The topological polar surface area (TPSA) is 106 Å². The van der Waals surface area contributed by atoms with E-state index in [1.807, 2.05) is 5.38 Å². The predicted molar refractivity (Wildman–Crippen MR) is 73.4 cm³/mol. The maximum absolute atomic E-state index is 12.1. The molecule has 0 radical (unpaired) electrons. The summed E-state index contributed by atoms with van der Waals surface area (Å²) in [5.74, 6) is -1.67. The Morgan fingerprint density at radius 3 is 3.05 bits per heavy atom. The first-order valence-electron chi connectivity index (χ1n) is 6.34. The predicted octanol–water partition coefficient (Wildman–Crippen LogP) is 0.217. The third-order valence-electron chi connectivity index (χ3n) is 3.13. The molecular weight excluding hydrogens is 282 g/mol. The average molecular weight is 299 g/mol. The molecule has 110 valence electrons. The molecule has 1 amide bonds. The lowest BCUT2D eigenvalue weighted by Crippen LogP contribution is -2.38. The van der Waals surface area contributed by atoms with Crippen molar-refractivity contribution in [3.63, 3.8) is 0 Å². The van der Waals surface area contributed by atoms with Gasteiger partial charge in [0.2, 0.25) is 5.91 Å². The second-order valence-electron chi connectivity index (χ2n) is 4.63. The summed E-state index contributed by atoms with van der Waals surface area (Å²) < 4.78 is 5.21. The van der Waals surface area contributed by atoms with Gasteiger partial charge in [-0.25, -0.2) is 4.98 Å². The molecule has 0 aliphatic carbocycles. The van der Waals surface area contributed by atoms with Crippen molar-refractivity contribution in [2.45, 2.75) is 12.8 Å². The van der Waals surface area contributed by atoms with E-state index in [-0.39, 0.29) is 19.1 Å². The number of aryl methyl sites for hydroxylation is 1. The number of rotatable bonds is 4. The van der Waals surface area contributed by atoms with Crippen molar-refractivity contribution in [3.05, 3.63) is 11.1 Å². The summed E-state index contributed by atoms with van der Waals surface area (Å²) in [4.78, 5) is 28.8. The van der Waals surface area contributed by atoms with E-state index in [1.54, 1.807) is 4.90 Å². The highest BCUT2D eigenvalue weighted by Crippen LogP contribution is 2.14. The number of nitrogen functional groups attached to an aromatic ring is 1. The van der Waals surface area contributed by atoms with Crippen molar-refractivity contribution in [1.82, 2.24) is 9.88 Å². The number of nitrogens with two attached hydrogens (primary N) is 1. The molecule has 1 saturated heterocycles. The van der Waals surface area contributed by atoms with Crippen LogP contribution in [0.1, 0.15) is 12.1 Å². The Balaban J connectivity index is 1.88. The highest BCUT2D eigenvalue weighted by molar-refractivity contribution is 7.13. The smallest absolute Gasteiger partial charge is 0.310 e. The van der Waals surface area contributed by atoms with Crippen LogP contribution in [0.2, 0.25) is 0 Å². The number of amides is 1. The van der Waals surface area contributed by atoms with Gasteiger partial charge >= 0.3 is 5.97 Å². The Labute approximate surface area is 120 Å². The van der Waals surface area contributed by atoms with Gasteiger partial charge < -0.3 is 20.5 Å². The number of aliphatic carboxylic acids is 1. The van der Waals surface area contributed by atoms with Gasteiger partial charge in [-0.05, 0) is 6.42 Å². The van der Waals surface area contributed by atoms with Gasteiger partial charge in [0.05, 0.1) is 24.8 Å². The fourth-order valence-electron chi connectivity index (χ4n) is 2.02. The Morgan fingerprint density at radius 2 is 2.40 bits per heavy atom. The van der Waals surface area contributed by atoms with Gasteiger partial charge in [0.15, 0.2) is 5.13 Å². The second kappa shape index (κ2) is 6.67. The molecule has 20 heavy (non-hydrogen) atoms. The van der Waals surface area contributed by atoms with Gasteiger partial charge in [-0.1, -0.05) is 0 Å². The molecule has 1 atom stereocenters. The summed E-state index contributed by atoms with van der Waals surface area (Å²) in [6, 6.07) is 0. The van der Waals surface area contributed by atoms with Crippen molar-refractivity contribution in [2.24, 2.45) is 5.92 Å². The lowest BCUT2D eigenvalue weighted by atomic mass is 10.1. The number of anilines is 1. The molecule has 2 heterocycles. The number of ether oxygens (including phenoxy) is 1. The van der Waals surface area contributed by atoms with Crippen LogP contribution in [0.5, 0.6) is 0 Å². The molecule has 0 aromatic carbocycles. The number of nitrogens with zero attached hydrogens (tertiary/aromatic N) is 2. The molecule has 0 saturated carbocycles. The second-order valence-corrected chi connectivity index (χ2v) is 5.52. The van der Waals surface area contributed by atoms with E-state index in [0.29, 0.717) is 31.1 Å². The standard InChI is InChI=1S/C12H17N3O4S/c13-12-14-9(7-20-12)1-2-10(16)15-3-4-19-6-8(5-15)11(17)18/h7-8H,1-6H2,(H2,13,14)(H,17,18). The minimum atomic E-state index is -0.933. The normalized spacial score (nSPS) is 19.6. The molecule has 2 rings (SSSR count). The minimum absolute atomic E-state index is 0.0756. The molecule has 8 heteroatoms. The third kappa shape index (κ3) is 3.91. The molecular formula is C12H17N3O4S. The summed E-state index contributed by atoms with van der Waals surface area (Å²) in [6.45, 7) is 1.16. The first kappa shape index (κ1) is 14.7. The summed E-state index contributed by atoms with van der Waals surface area (Å²) in [6.07, 6.45) is 0.817. The number of carbonyl (C=O) groups excluding carboxylic acids is 1. The van der Waals surface area contributed by atoms with Crippen LogP contribution in [0.15, 0.2) is 5.38 Å². The van der Waals surface area contributed by atoms with Crippen LogP contribution in [0.4, 0.5) is 5.13 Å². The van der Waals surface area contributed by atoms with Gasteiger partial charge in [-0.2, -0.15) is 0 Å². The van der Waals surface area contributed by atoms with Crippen LogP contribution < -0.4 is 5.73 Å². The summed E-state index contributed by atoms with van der Waals surface area (Å²) in [5.41, 5.74) is 6.32. The zero-order valence-electron chi connectivity index (χ0n) is 10.9. The van der Waals surface area contributed by atoms with Crippen LogP contribution >= 0.6 is 11.3 Å². The lowest BCUT2D eigenvalue weighted by Gasteiger charge is -2.21. The van der Waals surface area contributed by atoms with E-state index in [2.05, 4.69) is 4.98 Å². The lowest BCUT2D eigenvalue weighted by molar-refractivity contribution is -0.144. The Bertz CT molecular complexity index is 491. The van der Waals surface area contributed by atoms with E-state index >= 15 is 0 Å². The number of carbonyl (C=O) groups is 2. The molecule has 1 aliphatic rings. The Hall–Kier alpha value is -1.67. The van der Waals surface area contributed by atoms with Crippen molar-refractivity contribution in [3.8, 4) is 0 Å². The van der Waals surface area contributed by atoms with Crippen LogP contribution in [0.25, 0.3) is 0 Å². The van der Waals surface area contributed by atoms with Gasteiger partial charge in [-0.15, -0.1) is 11.3 Å². The zero-order valence-corrected chi connectivity index (χ0v) is 11.8. The van der Waals surface area contributed by atoms with E-state index in [4.69, 9.17) is 15.6 Å². The van der Waals surface area contributed by atoms with E-state index in [9.17, 15) is 9.59 Å². The first-order chi connectivity index (χ1) is 9.56. The van der Waals surface area contributed by atoms with Gasteiger partial charge in [0.25, 0.3) is 0 Å². The van der Waals surface area contributed by atoms with Crippen LogP contribution in [-0.2, 0) is 20.7 Å². The van der Waals surface area contributed by atoms with Crippen molar-refractivity contribution >= 4 is 28.3 Å². The maximum Gasteiger partial charge on any atom is 0.310 e. The average Bonchev–Trinajstić information content (AvgIpc) is 2.68. The van der Waals surface area contributed by atoms with E-state index < -0.39 is 11.9 Å².